The van der Waals surface area contributed by atoms with Crippen LogP contribution in [0.2, 0.25) is 0 Å². The second kappa shape index (κ2) is 7.86. The number of amides is 2. The number of halogens is 1. The molecule has 31 heavy (non-hydrogen) atoms. The van der Waals surface area contributed by atoms with E-state index >= 15 is 0 Å². The zero-order chi connectivity index (χ0) is 21.6. The Bertz CT molecular complexity index is 989. The number of carbonyl (C=O) groups excluding carboxylic acids is 2. The summed E-state index contributed by atoms with van der Waals surface area (Å²) in [5, 5.41) is 0. The van der Waals surface area contributed by atoms with Gasteiger partial charge in [0.25, 0.3) is 0 Å². The number of thioether (sulfide) groups is 1. The van der Waals surface area contributed by atoms with E-state index in [-0.39, 0.29) is 17.6 Å². The second-order valence-electron chi connectivity index (χ2n) is 8.53. The predicted octanol–water partition coefficient (Wildman–Crippen LogP) is 3.37. The minimum Gasteiger partial charge on any atom is -0.368 e. The van der Waals surface area contributed by atoms with Crippen molar-refractivity contribution in [2.45, 2.75) is 30.7 Å². The standard InChI is InChI=1S/C24H26FN3O2S/c1-17-2-4-18(5-3-17)24-11-10-22(29)28(24)21(16-31-24)23(30)27-14-12-26(13-15-27)20-8-6-19(25)7-9-20/h2-9,21H,10-16H2,1H3/t21-,24-/m0/s1. The van der Waals surface area contributed by atoms with E-state index in [1.54, 1.807) is 23.9 Å². The third kappa shape index (κ3) is 3.49. The van der Waals surface area contributed by atoms with Crippen LogP contribution in [0.15, 0.2) is 48.5 Å². The third-order valence-corrected chi connectivity index (χ3v) is 8.29. The number of nitrogens with zero attached hydrogens (tertiary/aromatic N) is 3. The van der Waals surface area contributed by atoms with Gasteiger partial charge in [0.1, 0.15) is 16.7 Å². The molecule has 3 fully saturated rings. The molecular formula is C24H26FN3O2S. The first kappa shape index (κ1) is 20.4. The van der Waals surface area contributed by atoms with Gasteiger partial charge < -0.3 is 14.7 Å². The lowest BCUT2D eigenvalue weighted by Gasteiger charge is -2.39. The van der Waals surface area contributed by atoms with Gasteiger partial charge in [-0.15, -0.1) is 11.8 Å². The lowest BCUT2D eigenvalue weighted by Crippen LogP contribution is -2.56. The molecule has 3 heterocycles. The van der Waals surface area contributed by atoms with Gasteiger partial charge in [-0.25, -0.2) is 4.39 Å². The summed E-state index contributed by atoms with van der Waals surface area (Å²) in [5.74, 6) is 0.518. The van der Waals surface area contributed by atoms with Crippen LogP contribution < -0.4 is 4.90 Å². The van der Waals surface area contributed by atoms with Gasteiger partial charge in [-0.1, -0.05) is 29.8 Å². The quantitative estimate of drug-likeness (QED) is 0.736. The Hall–Kier alpha value is -2.54. The van der Waals surface area contributed by atoms with Crippen molar-refractivity contribution in [2.75, 3.05) is 36.8 Å². The molecule has 5 rings (SSSR count). The first-order valence-corrected chi connectivity index (χ1v) is 11.8. The lowest BCUT2D eigenvalue weighted by molar-refractivity contribution is -0.144. The molecule has 2 aromatic carbocycles. The summed E-state index contributed by atoms with van der Waals surface area (Å²) < 4.78 is 13.2. The number of anilines is 1. The van der Waals surface area contributed by atoms with Crippen molar-refractivity contribution in [1.29, 1.82) is 0 Å². The molecule has 3 saturated heterocycles. The molecule has 2 aromatic rings. The minimum atomic E-state index is -0.416. The zero-order valence-corrected chi connectivity index (χ0v) is 18.4. The normalized spacial score (nSPS) is 25.8. The second-order valence-corrected chi connectivity index (χ2v) is 9.83. The van der Waals surface area contributed by atoms with E-state index in [1.807, 2.05) is 9.80 Å². The Labute approximate surface area is 186 Å². The summed E-state index contributed by atoms with van der Waals surface area (Å²) in [7, 11) is 0. The number of benzene rings is 2. The highest BCUT2D eigenvalue weighted by Crippen LogP contribution is 2.54. The number of aryl methyl sites for hydroxylation is 1. The fourth-order valence-electron chi connectivity index (χ4n) is 4.99. The van der Waals surface area contributed by atoms with E-state index in [9.17, 15) is 14.0 Å². The molecule has 0 saturated carbocycles. The lowest BCUT2D eigenvalue weighted by atomic mass is 10.0. The first-order chi connectivity index (χ1) is 15.0. The van der Waals surface area contributed by atoms with Crippen molar-refractivity contribution in [3.05, 3.63) is 65.5 Å². The fraction of sp³-hybridized carbons (Fsp3) is 0.417. The summed E-state index contributed by atoms with van der Waals surface area (Å²) in [6, 6.07) is 14.4. The van der Waals surface area contributed by atoms with Gasteiger partial charge in [0.2, 0.25) is 11.8 Å². The molecule has 0 unspecified atom stereocenters. The van der Waals surface area contributed by atoms with Crippen LogP contribution >= 0.6 is 11.8 Å². The topological polar surface area (TPSA) is 43.9 Å². The van der Waals surface area contributed by atoms with Crippen LogP contribution in [0.4, 0.5) is 10.1 Å². The van der Waals surface area contributed by atoms with Crippen LogP contribution in [-0.2, 0) is 14.5 Å². The molecular weight excluding hydrogens is 413 g/mol. The van der Waals surface area contributed by atoms with Crippen molar-refractivity contribution in [2.24, 2.45) is 0 Å². The van der Waals surface area contributed by atoms with Crippen LogP contribution in [0.5, 0.6) is 0 Å². The average molecular weight is 440 g/mol. The summed E-state index contributed by atoms with van der Waals surface area (Å²) in [5.41, 5.74) is 3.27. The van der Waals surface area contributed by atoms with Crippen molar-refractivity contribution < 1.29 is 14.0 Å². The molecule has 162 valence electrons. The van der Waals surface area contributed by atoms with Gasteiger partial charge in [0, 0.05) is 44.0 Å². The Morgan fingerprint density at radius 1 is 1.03 bits per heavy atom. The Balaban J connectivity index is 1.30. The van der Waals surface area contributed by atoms with E-state index in [2.05, 4.69) is 36.1 Å². The number of carbonyl (C=O) groups is 2. The highest BCUT2D eigenvalue weighted by atomic mass is 32.2. The van der Waals surface area contributed by atoms with Gasteiger partial charge in [-0.3, -0.25) is 9.59 Å². The van der Waals surface area contributed by atoms with Gasteiger partial charge in [0.05, 0.1) is 0 Å². The summed E-state index contributed by atoms with van der Waals surface area (Å²) in [6.45, 7) is 4.68. The molecule has 0 radical (unpaired) electrons. The van der Waals surface area contributed by atoms with Crippen molar-refractivity contribution in [3.8, 4) is 0 Å². The summed E-state index contributed by atoms with van der Waals surface area (Å²) in [6.07, 6.45) is 1.24. The van der Waals surface area contributed by atoms with Crippen molar-refractivity contribution in [1.82, 2.24) is 9.80 Å². The number of hydrogen-bond donors (Lipinski definition) is 0. The van der Waals surface area contributed by atoms with Crippen LogP contribution in [0.1, 0.15) is 24.0 Å². The maximum atomic E-state index is 13.5. The van der Waals surface area contributed by atoms with Crippen LogP contribution in [0.3, 0.4) is 0 Å². The van der Waals surface area contributed by atoms with Crippen LogP contribution in [0, 0.1) is 12.7 Å². The Morgan fingerprint density at radius 3 is 2.39 bits per heavy atom. The van der Waals surface area contributed by atoms with Crippen LogP contribution in [0.25, 0.3) is 0 Å². The Kier molecular flexibility index (Phi) is 5.16. The highest BCUT2D eigenvalue weighted by molar-refractivity contribution is 8.00. The van der Waals surface area contributed by atoms with Crippen molar-refractivity contribution >= 4 is 29.3 Å². The molecule has 3 aliphatic rings. The number of piperazine rings is 1. The zero-order valence-electron chi connectivity index (χ0n) is 17.6. The highest BCUT2D eigenvalue weighted by Gasteiger charge is 2.57. The maximum absolute atomic E-state index is 13.5. The summed E-state index contributed by atoms with van der Waals surface area (Å²) >= 11 is 1.73. The molecule has 0 bridgehead atoms. The van der Waals surface area contributed by atoms with Gasteiger partial charge in [-0.05, 0) is 43.2 Å². The van der Waals surface area contributed by atoms with Crippen LogP contribution in [-0.4, -0.2) is 59.6 Å². The number of fused-ring (bicyclic) bond motifs is 1. The SMILES string of the molecule is Cc1ccc([C@@]23CCC(=O)N2[C@H](C(=O)N2CCN(c4ccc(F)cc4)CC2)CS3)cc1. The molecule has 7 heteroatoms. The van der Waals surface area contributed by atoms with E-state index in [4.69, 9.17) is 0 Å². The molecule has 2 atom stereocenters. The maximum Gasteiger partial charge on any atom is 0.246 e. The molecule has 3 aliphatic heterocycles. The molecule has 0 spiro atoms. The molecule has 0 N–H and O–H groups in total. The number of rotatable bonds is 3. The Morgan fingerprint density at radius 2 is 1.71 bits per heavy atom. The van der Waals surface area contributed by atoms with E-state index in [0.29, 0.717) is 38.4 Å². The molecule has 2 amide bonds. The fourth-order valence-corrected chi connectivity index (χ4v) is 6.63. The molecule has 5 nitrogen and oxygen atoms in total. The molecule has 0 aromatic heterocycles. The predicted molar refractivity (Wildman–Crippen MR) is 120 cm³/mol. The number of hydrogen-bond acceptors (Lipinski definition) is 4. The van der Waals surface area contributed by atoms with E-state index < -0.39 is 10.9 Å². The molecule has 0 aliphatic carbocycles. The van der Waals surface area contributed by atoms with Gasteiger partial charge in [-0.2, -0.15) is 0 Å². The largest absolute Gasteiger partial charge is 0.368 e. The first-order valence-electron chi connectivity index (χ1n) is 10.8. The summed E-state index contributed by atoms with van der Waals surface area (Å²) in [4.78, 5) is 31.8. The average Bonchev–Trinajstić information content (AvgIpc) is 3.33. The minimum absolute atomic E-state index is 0.0514. The monoisotopic (exact) mass is 439 g/mol. The van der Waals surface area contributed by atoms with E-state index in [1.165, 1.54) is 17.7 Å². The van der Waals surface area contributed by atoms with Gasteiger partial charge in [0.15, 0.2) is 0 Å². The van der Waals surface area contributed by atoms with E-state index in [0.717, 1.165) is 17.7 Å². The smallest absolute Gasteiger partial charge is 0.246 e. The van der Waals surface area contributed by atoms with Crippen molar-refractivity contribution in [3.63, 3.8) is 0 Å². The third-order valence-electron chi connectivity index (χ3n) is 6.70. The van der Waals surface area contributed by atoms with Gasteiger partial charge >= 0.3 is 0 Å².